The zero-order valence-corrected chi connectivity index (χ0v) is 15.1. The highest BCUT2D eigenvalue weighted by Crippen LogP contribution is 2.37. The molecule has 1 N–H and O–H groups in total. The number of fused-ring (bicyclic) bond motifs is 1. The molecule has 4 aromatic rings. The monoisotopic (exact) mass is 372 g/mol. The third kappa shape index (κ3) is 3.70. The molecule has 0 aliphatic carbocycles. The molecule has 9 nitrogen and oxygen atoms in total. The zero-order chi connectivity index (χ0) is 18.5. The van der Waals surface area contributed by atoms with E-state index in [1.54, 1.807) is 36.5 Å². The molecule has 1 amide bonds. The minimum absolute atomic E-state index is 0.433. The number of aryl methyl sites for hydroxylation is 2. The van der Waals surface area contributed by atoms with Crippen LogP contribution >= 0.6 is 11.3 Å². The third-order valence-electron chi connectivity index (χ3n) is 3.33. The van der Waals surface area contributed by atoms with Crippen LogP contribution in [0, 0.1) is 6.92 Å². The molecule has 0 spiro atoms. The van der Waals surface area contributed by atoms with Gasteiger partial charge in [-0.05, 0) is 0 Å². The summed E-state index contributed by atoms with van der Waals surface area (Å²) >= 11 is 1.37. The summed E-state index contributed by atoms with van der Waals surface area (Å²) in [6, 6.07) is 0. The first-order chi connectivity index (χ1) is 12.6. The Morgan fingerprint density at radius 3 is 2.73 bits per heavy atom. The number of nitrogens with zero attached hydrogens (tertiary/aromatic N) is 5. The van der Waals surface area contributed by atoms with Crippen LogP contribution in [0.25, 0.3) is 21.3 Å². The van der Waals surface area contributed by atoms with Crippen molar-refractivity contribution in [1.82, 2.24) is 24.7 Å². The van der Waals surface area contributed by atoms with Gasteiger partial charge in [0.15, 0.2) is 11.0 Å². The van der Waals surface area contributed by atoms with Crippen LogP contribution in [-0.4, -0.2) is 38.3 Å². The highest BCUT2D eigenvalue weighted by Gasteiger charge is 2.16. The summed E-state index contributed by atoms with van der Waals surface area (Å²) in [5, 5.41) is 7.22. The topological polar surface area (TPSA) is 108 Å². The lowest BCUT2D eigenvalue weighted by molar-refractivity contribution is -0.105. The van der Waals surface area contributed by atoms with Gasteiger partial charge in [0.05, 0.1) is 24.2 Å². The SMILES string of the molecule is COc1ncc(-c2cnn(C)c2)c2sc(NC=O)nc12.Cc1ncco1. The van der Waals surface area contributed by atoms with Crippen molar-refractivity contribution in [2.24, 2.45) is 7.05 Å². The first kappa shape index (κ1) is 17.5. The molecule has 0 aliphatic heterocycles. The normalized spacial score (nSPS) is 10.3. The third-order valence-corrected chi connectivity index (χ3v) is 4.35. The number of carbonyl (C=O) groups excluding carboxylic acids is 1. The lowest BCUT2D eigenvalue weighted by Crippen LogP contribution is -1.92. The molecular formula is C16H16N6O3S. The maximum absolute atomic E-state index is 10.6. The fourth-order valence-electron chi connectivity index (χ4n) is 2.21. The smallest absolute Gasteiger partial charge is 0.241 e. The van der Waals surface area contributed by atoms with Crippen molar-refractivity contribution < 1.29 is 13.9 Å². The number of hydrogen-bond donors (Lipinski definition) is 1. The first-order valence-electron chi connectivity index (χ1n) is 7.51. The summed E-state index contributed by atoms with van der Waals surface area (Å²) in [6.07, 6.45) is 9.15. The highest BCUT2D eigenvalue weighted by molar-refractivity contribution is 7.22. The molecule has 0 aliphatic rings. The van der Waals surface area contributed by atoms with E-state index in [0.717, 1.165) is 21.7 Å². The molecule has 0 atom stereocenters. The number of aromatic nitrogens is 5. The van der Waals surface area contributed by atoms with Crippen LogP contribution in [-0.2, 0) is 11.8 Å². The lowest BCUT2D eigenvalue weighted by Gasteiger charge is -2.02. The minimum Gasteiger partial charge on any atom is -0.479 e. The summed E-state index contributed by atoms with van der Waals surface area (Å²) in [5.41, 5.74) is 2.47. The van der Waals surface area contributed by atoms with Crippen molar-refractivity contribution >= 4 is 33.1 Å². The number of thiazole rings is 1. The van der Waals surface area contributed by atoms with Gasteiger partial charge in [-0.3, -0.25) is 9.48 Å². The van der Waals surface area contributed by atoms with Crippen molar-refractivity contribution in [3.8, 4) is 17.0 Å². The Hall–Kier alpha value is -3.27. The van der Waals surface area contributed by atoms with Gasteiger partial charge in [0.1, 0.15) is 11.8 Å². The fourth-order valence-corrected chi connectivity index (χ4v) is 3.16. The number of pyridine rings is 1. The molecule has 0 aromatic carbocycles. The molecule has 0 radical (unpaired) electrons. The van der Waals surface area contributed by atoms with Crippen LogP contribution in [0.2, 0.25) is 0 Å². The van der Waals surface area contributed by atoms with Gasteiger partial charge in [0.25, 0.3) is 0 Å². The van der Waals surface area contributed by atoms with Crippen LogP contribution in [0.4, 0.5) is 5.13 Å². The maximum atomic E-state index is 10.6. The van der Waals surface area contributed by atoms with E-state index in [0.29, 0.717) is 22.9 Å². The highest BCUT2D eigenvalue weighted by atomic mass is 32.1. The number of oxazole rings is 1. The average molecular weight is 372 g/mol. The Morgan fingerprint density at radius 2 is 2.19 bits per heavy atom. The molecule has 4 rings (SSSR count). The molecule has 4 aromatic heterocycles. The quantitative estimate of drug-likeness (QED) is 0.549. The predicted molar refractivity (Wildman–Crippen MR) is 97.1 cm³/mol. The number of amides is 1. The molecule has 0 fully saturated rings. The second-order valence-electron chi connectivity index (χ2n) is 5.09. The van der Waals surface area contributed by atoms with E-state index in [4.69, 9.17) is 9.15 Å². The number of ether oxygens (including phenoxy) is 1. The van der Waals surface area contributed by atoms with E-state index in [9.17, 15) is 4.79 Å². The molecule has 0 saturated heterocycles. The molecular weight excluding hydrogens is 356 g/mol. The number of anilines is 1. The summed E-state index contributed by atoms with van der Waals surface area (Å²) in [6.45, 7) is 1.81. The molecule has 134 valence electrons. The molecule has 0 bridgehead atoms. The van der Waals surface area contributed by atoms with E-state index < -0.39 is 0 Å². The van der Waals surface area contributed by atoms with Crippen LogP contribution < -0.4 is 10.1 Å². The van der Waals surface area contributed by atoms with Gasteiger partial charge in [0, 0.05) is 37.5 Å². The van der Waals surface area contributed by atoms with E-state index in [1.807, 2.05) is 13.2 Å². The van der Waals surface area contributed by atoms with Crippen LogP contribution in [0.3, 0.4) is 0 Å². The standard InChI is InChI=1S/C12H11N5O2S.C4H5NO/c1-17-5-7(3-15-17)8-4-13-11(19-2)9-10(8)20-12(16-9)14-6-18;1-4-5-2-3-6-4/h3-6H,1-2H3,(H,14,16,18);2-3H,1H3. The number of carbonyl (C=O) groups is 1. The van der Waals surface area contributed by atoms with Gasteiger partial charge in [-0.15, -0.1) is 0 Å². The molecule has 10 heteroatoms. The van der Waals surface area contributed by atoms with Crippen molar-refractivity contribution in [1.29, 1.82) is 0 Å². The Balaban J connectivity index is 0.000000278. The molecule has 0 unspecified atom stereocenters. The molecule has 26 heavy (non-hydrogen) atoms. The number of rotatable bonds is 4. The molecule has 4 heterocycles. The Bertz CT molecular complexity index is 1010. The van der Waals surface area contributed by atoms with E-state index in [1.165, 1.54) is 18.4 Å². The minimum atomic E-state index is 0.433. The largest absolute Gasteiger partial charge is 0.479 e. The summed E-state index contributed by atoms with van der Waals surface area (Å²) in [5.74, 6) is 1.15. The number of hydrogen-bond acceptors (Lipinski definition) is 8. The number of methoxy groups -OCH3 is 1. The Kier molecular flexibility index (Phi) is 5.23. The van der Waals surface area contributed by atoms with Gasteiger partial charge >= 0.3 is 0 Å². The Labute approximate surface area is 152 Å². The van der Waals surface area contributed by atoms with Gasteiger partial charge in [0.2, 0.25) is 12.3 Å². The van der Waals surface area contributed by atoms with Crippen molar-refractivity contribution in [3.63, 3.8) is 0 Å². The van der Waals surface area contributed by atoms with Gasteiger partial charge in [-0.1, -0.05) is 11.3 Å². The second-order valence-corrected chi connectivity index (χ2v) is 6.09. The van der Waals surface area contributed by atoms with Crippen molar-refractivity contribution in [2.45, 2.75) is 6.92 Å². The van der Waals surface area contributed by atoms with Gasteiger partial charge in [-0.25, -0.2) is 15.0 Å². The number of nitrogens with one attached hydrogen (secondary N) is 1. The van der Waals surface area contributed by atoms with E-state index in [-0.39, 0.29) is 0 Å². The second kappa shape index (κ2) is 7.74. The summed E-state index contributed by atoms with van der Waals surface area (Å²) in [4.78, 5) is 22.9. The van der Waals surface area contributed by atoms with E-state index in [2.05, 4.69) is 25.4 Å². The summed E-state index contributed by atoms with van der Waals surface area (Å²) in [7, 11) is 3.39. The van der Waals surface area contributed by atoms with Crippen molar-refractivity contribution in [2.75, 3.05) is 12.4 Å². The van der Waals surface area contributed by atoms with E-state index >= 15 is 0 Å². The summed E-state index contributed by atoms with van der Waals surface area (Å²) < 4.78 is 12.6. The van der Waals surface area contributed by atoms with Crippen LogP contribution in [0.1, 0.15) is 5.89 Å². The van der Waals surface area contributed by atoms with Crippen molar-refractivity contribution in [3.05, 3.63) is 36.9 Å². The van der Waals surface area contributed by atoms with Crippen LogP contribution in [0.15, 0.2) is 35.5 Å². The average Bonchev–Trinajstić information content (AvgIpc) is 3.36. The fraction of sp³-hybridized carbons (Fsp3) is 0.188. The maximum Gasteiger partial charge on any atom is 0.241 e. The van der Waals surface area contributed by atoms with Gasteiger partial charge < -0.3 is 14.5 Å². The first-order valence-corrected chi connectivity index (χ1v) is 8.33. The Morgan fingerprint density at radius 1 is 1.35 bits per heavy atom. The zero-order valence-electron chi connectivity index (χ0n) is 14.3. The van der Waals surface area contributed by atoms with Crippen LogP contribution in [0.5, 0.6) is 5.88 Å². The predicted octanol–water partition coefficient (Wildman–Crippen LogP) is 2.65. The van der Waals surface area contributed by atoms with Gasteiger partial charge in [-0.2, -0.15) is 5.10 Å². The molecule has 0 saturated carbocycles. The lowest BCUT2D eigenvalue weighted by atomic mass is 10.1.